The molecule has 32 heavy (non-hydrogen) atoms. The predicted molar refractivity (Wildman–Crippen MR) is 143 cm³/mol. The fraction of sp³-hybridized carbons (Fsp3) is 0.733. The first-order valence-corrected chi connectivity index (χ1v) is 13.2. The molecule has 1 aliphatic carbocycles. The van der Waals surface area contributed by atoms with Gasteiger partial charge in [0, 0.05) is 19.2 Å². The van der Waals surface area contributed by atoms with Crippen molar-refractivity contribution in [2.24, 2.45) is 17.8 Å². The molecule has 6 atom stereocenters. The molecule has 0 spiro atoms. The quantitative estimate of drug-likeness (QED) is 0.236. The van der Waals surface area contributed by atoms with Crippen molar-refractivity contribution in [1.82, 2.24) is 4.90 Å². The van der Waals surface area contributed by atoms with Gasteiger partial charge < -0.3 is 4.74 Å². The average molecular weight is 444 g/mol. The van der Waals surface area contributed by atoms with E-state index in [0.717, 1.165) is 24.7 Å². The van der Waals surface area contributed by atoms with E-state index < -0.39 is 0 Å². The molecule has 0 heterocycles. The van der Waals surface area contributed by atoms with Crippen LogP contribution in [0.3, 0.4) is 0 Å². The van der Waals surface area contributed by atoms with E-state index in [1.165, 1.54) is 50.5 Å². The minimum absolute atomic E-state index is 0.217. The lowest BCUT2D eigenvalue weighted by Crippen LogP contribution is -2.45. The SMILES string of the molecule is C=C/C=C\C(C)N(C)C(CC(C)CC/C=C(C)/C=C/C1CCCC(CCC)C1)C(C)OC. The highest BCUT2D eigenvalue weighted by molar-refractivity contribution is 5.16. The van der Waals surface area contributed by atoms with Gasteiger partial charge in [-0.05, 0) is 77.7 Å². The summed E-state index contributed by atoms with van der Waals surface area (Å²) in [4.78, 5) is 2.45. The van der Waals surface area contributed by atoms with Crippen LogP contribution < -0.4 is 0 Å². The molecule has 0 amide bonds. The zero-order valence-electron chi connectivity index (χ0n) is 22.4. The number of rotatable bonds is 15. The van der Waals surface area contributed by atoms with Crippen LogP contribution in [0.25, 0.3) is 0 Å². The van der Waals surface area contributed by atoms with Crippen LogP contribution in [-0.2, 0) is 4.74 Å². The molecule has 0 bridgehead atoms. The summed E-state index contributed by atoms with van der Waals surface area (Å²) < 4.78 is 5.74. The maximum Gasteiger partial charge on any atom is 0.0698 e. The lowest BCUT2D eigenvalue weighted by Gasteiger charge is -2.36. The molecule has 2 nitrogen and oxygen atoms in total. The van der Waals surface area contributed by atoms with Gasteiger partial charge in [-0.25, -0.2) is 0 Å². The number of likely N-dealkylation sites (N-methyl/N-ethyl adjacent to an activating group) is 1. The summed E-state index contributed by atoms with van der Waals surface area (Å²) in [5.74, 6) is 2.42. The Morgan fingerprint density at radius 2 is 1.97 bits per heavy atom. The molecule has 0 saturated heterocycles. The molecule has 0 N–H and O–H groups in total. The Hall–Kier alpha value is -1.12. The van der Waals surface area contributed by atoms with E-state index in [9.17, 15) is 0 Å². The summed E-state index contributed by atoms with van der Waals surface area (Å²) in [6.07, 6.45) is 25.6. The van der Waals surface area contributed by atoms with Gasteiger partial charge in [-0.2, -0.15) is 0 Å². The fourth-order valence-corrected chi connectivity index (χ4v) is 5.18. The van der Waals surface area contributed by atoms with E-state index in [-0.39, 0.29) is 6.10 Å². The topological polar surface area (TPSA) is 12.5 Å². The van der Waals surface area contributed by atoms with Crippen LogP contribution in [0, 0.1) is 17.8 Å². The molecule has 0 radical (unpaired) electrons. The summed E-state index contributed by atoms with van der Waals surface area (Å²) >= 11 is 0. The molecule has 0 aromatic heterocycles. The van der Waals surface area contributed by atoms with Gasteiger partial charge in [0.2, 0.25) is 0 Å². The monoisotopic (exact) mass is 443 g/mol. The third kappa shape index (κ3) is 11.1. The normalized spacial score (nSPS) is 24.2. The number of allylic oxidation sites excluding steroid dienone is 6. The lowest BCUT2D eigenvalue weighted by atomic mass is 9.79. The second-order valence-electron chi connectivity index (χ2n) is 10.3. The number of hydrogen-bond acceptors (Lipinski definition) is 2. The van der Waals surface area contributed by atoms with Crippen LogP contribution in [-0.4, -0.2) is 37.2 Å². The van der Waals surface area contributed by atoms with E-state index >= 15 is 0 Å². The summed E-state index contributed by atoms with van der Waals surface area (Å²) in [5.41, 5.74) is 1.43. The maximum absolute atomic E-state index is 5.74. The van der Waals surface area contributed by atoms with E-state index in [1.807, 2.05) is 19.3 Å². The molecule has 2 heteroatoms. The highest BCUT2D eigenvalue weighted by atomic mass is 16.5. The fourth-order valence-electron chi connectivity index (χ4n) is 5.18. The van der Waals surface area contributed by atoms with E-state index in [1.54, 1.807) is 0 Å². The zero-order chi connectivity index (χ0) is 23.9. The van der Waals surface area contributed by atoms with Gasteiger partial charge in [0.25, 0.3) is 0 Å². The van der Waals surface area contributed by atoms with Crippen molar-refractivity contribution in [3.8, 4) is 0 Å². The predicted octanol–water partition coefficient (Wildman–Crippen LogP) is 8.37. The summed E-state index contributed by atoms with van der Waals surface area (Å²) in [5, 5.41) is 0. The van der Waals surface area contributed by atoms with Crippen LogP contribution in [0.5, 0.6) is 0 Å². The van der Waals surface area contributed by atoms with Crippen molar-refractivity contribution in [2.75, 3.05) is 14.2 Å². The third-order valence-corrected chi connectivity index (χ3v) is 7.53. The molecule has 1 rings (SSSR count). The average Bonchev–Trinajstić information content (AvgIpc) is 2.79. The second kappa shape index (κ2) is 16.5. The van der Waals surface area contributed by atoms with Crippen LogP contribution in [0.15, 0.2) is 48.6 Å². The number of nitrogens with zero attached hydrogens (tertiary/aromatic N) is 1. The van der Waals surface area contributed by atoms with Gasteiger partial charge in [-0.15, -0.1) is 0 Å². The smallest absolute Gasteiger partial charge is 0.0698 e. The number of hydrogen-bond donors (Lipinski definition) is 0. The minimum Gasteiger partial charge on any atom is -0.380 e. The van der Waals surface area contributed by atoms with Gasteiger partial charge in [0.15, 0.2) is 0 Å². The molecule has 0 aromatic carbocycles. The molecule has 1 aliphatic rings. The Balaban J connectivity index is 2.53. The van der Waals surface area contributed by atoms with Crippen LogP contribution in [0.4, 0.5) is 0 Å². The van der Waals surface area contributed by atoms with Gasteiger partial charge in [-0.3, -0.25) is 4.90 Å². The summed E-state index contributed by atoms with van der Waals surface area (Å²) in [6, 6.07) is 0.776. The molecule has 184 valence electrons. The molecule has 6 unspecified atom stereocenters. The van der Waals surface area contributed by atoms with Gasteiger partial charge in [-0.1, -0.05) is 88.1 Å². The van der Waals surface area contributed by atoms with Crippen LogP contribution in [0.1, 0.15) is 92.4 Å². The number of ether oxygens (including phenoxy) is 1. The van der Waals surface area contributed by atoms with Crippen molar-refractivity contribution in [3.63, 3.8) is 0 Å². The molecular weight excluding hydrogens is 390 g/mol. The Bertz CT molecular complexity index is 588. The summed E-state index contributed by atoms with van der Waals surface area (Å²) in [6.45, 7) is 15.2. The zero-order valence-corrected chi connectivity index (χ0v) is 22.4. The van der Waals surface area contributed by atoms with Crippen LogP contribution in [0.2, 0.25) is 0 Å². The number of methoxy groups -OCH3 is 1. The highest BCUT2D eigenvalue weighted by Gasteiger charge is 2.26. The first-order chi connectivity index (χ1) is 15.3. The van der Waals surface area contributed by atoms with Crippen molar-refractivity contribution in [3.05, 3.63) is 48.6 Å². The van der Waals surface area contributed by atoms with E-state index in [2.05, 4.69) is 77.4 Å². The van der Waals surface area contributed by atoms with Crippen LogP contribution >= 0.6 is 0 Å². The molecular formula is C30H53NO. The first-order valence-electron chi connectivity index (χ1n) is 13.2. The standard InChI is InChI=1S/C30H53NO/c1-9-11-17-26(5)31(7)30(27(6)32-8)22-25(4)16-12-15-24(3)20-21-29-19-13-18-28(23-29)14-10-2/h9,11,15,17,20-21,25-30H,1,10,12-14,16,18-19,22-23H2,2-8H3/b17-11-,21-20+,24-15+. The van der Waals surface area contributed by atoms with E-state index in [0.29, 0.717) is 18.0 Å². The molecule has 1 saturated carbocycles. The maximum atomic E-state index is 5.74. The van der Waals surface area contributed by atoms with Crippen molar-refractivity contribution >= 4 is 0 Å². The Kier molecular flexibility index (Phi) is 14.9. The Labute approximate surface area is 200 Å². The third-order valence-electron chi connectivity index (χ3n) is 7.53. The highest BCUT2D eigenvalue weighted by Crippen LogP contribution is 2.32. The van der Waals surface area contributed by atoms with Gasteiger partial charge in [0.1, 0.15) is 0 Å². The Morgan fingerprint density at radius 3 is 2.62 bits per heavy atom. The molecule has 0 aromatic rings. The van der Waals surface area contributed by atoms with Crippen molar-refractivity contribution in [1.29, 1.82) is 0 Å². The lowest BCUT2D eigenvalue weighted by molar-refractivity contribution is 0.0179. The minimum atomic E-state index is 0.217. The van der Waals surface area contributed by atoms with Crippen molar-refractivity contribution in [2.45, 2.75) is 111 Å². The molecule has 1 fully saturated rings. The summed E-state index contributed by atoms with van der Waals surface area (Å²) in [7, 11) is 4.05. The Morgan fingerprint density at radius 1 is 1.22 bits per heavy atom. The largest absolute Gasteiger partial charge is 0.380 e. The molecule has 0 aliphatic heterocycles. The first kappa shape index (κ1) is 28.9. The van der Waals surface area contributed by atoms with E-state index in [4.69, 9.17) is 4.74 Å². The second-order valence-corrected chi connectivity index (χ2v) is 10.3. The van der Waals surface area contributed by atoms with Gasteiger partial charge >= 0.3 is 0 Å². The van der Waals surface area contributed by atoms with Gasteiger partial charge in [0.05, 0.1) is 6.10 Å². The van der Waals surface area contributed by atoms with Crippen molar-refractivity contribution < 1.29 is 4.74 Å².